The predicted octanol–water partition coefficient (Wildman–Crippen LogP) is 1.37. The molecule has 0 aliphatic carbocycles. The molecule has 0 aromatic carbocycles. The summed E-state index contributed by atoms with van der Waals surface area (Å²) in [6, 6.07) is 2.29. The Morgan fingerprint density at radius 2 is 2.28 bits per heavy atom. The maximum Gasteiger partial charge on any atom is 0.317 e. The maximum atomic E-state index is 10.5. The molecule has 1 heterocycles. The summed E-state index contributed by atoms with van der Waals surface area (Å²) in [5, 5.41) is 16.2. The molecule has 1 atom stereocenters. The van der Waals surface area contributed by atoms with E-state index in [4.69, 9.17) is 5.11 Å². The van der Waals surface area contributed by atoms with E-state index in [1.165, 1.54) is 5.69 Å². The van der Waals surface area contributed by atoms with E-state index >= 15 is 0 Å². The first-order chi connectivity index (χ1) is 8.56. The third-order valence-corrected chi connectivity index (χ3v) is 3.02. The highest BCUT2D eigenvalue weighted by Gasteiger charge is 2.12. The van der Waals surface area contributed by atoms with Crippen molar-refractivity contribution in [2.24, 2.45) is 7.05 Å². The summed E-state index contributed by atoms with van der Waals surface area (Å²) in [6.07, 6.45) is 3.81. The highest BCUT2D eigenvalue weighted by atomic mass is 16.4. The number of carbonyl (C=O) groups is 1. The van der Waals surface area contributed by atoms with Gasteiger partial charge in [-0.25, -0.2) is 0 Å². The Morgan fingerprint density at radius 1 is 1.56 bits per heavy atom. The molecule has 1 aromatic heterocycles. The largest absolute Gasteiger partial charge is 0.480 e. The van der Waals surface area contributed by atoms with Gasteiger partial charge in [-0.1, -0.05) is 20.3 Å². The van der Waals surface area contributed by atoms with Crippen molar-refractivity contribution in [2.75, 3.05) is 6.54 Å². The summed E-state index contributed by atoms with van der Waals surface area (Å²) in [5.74, 6) is -0.818. The van der Waals surface area contributed by atoms with Crippen LogP contribution >= 0.6 is 0 Å². The second-order valence-electron chi connectivity index (χ2n) is 4.58. The Labute approximate surface area is 108 Å². The SMILES string of the molecule is CCCc1cc(CC(CC)NCC(=O)O)nn1C. The minimum atomic E-state index is -0.818. The van der Waals surface area contributed by atoms with Crippen LogP contribution in [0, 0.1) is 0 Å². The molecule has 1 rings (SSSR count). The zero-order chi connectivity index (χ0) is 13.5. The van der Waals surface area contributed by atoms with Gasteiger partial charge in [-0.15, -0.1) is 0 Å². The first-order valence-electron chi connectivity index (χ1n) is 6.53. The summed E-state index contributed by atoms with van der Waals surface area (Å²) in [5.41, 5.74) is 2.27. The van der Waals surface area contributed by atoms with Gasteiger partial charge in [-0.3, -0.25) is 9.48 Å². The van der Waals surface area contributed by atoms with E-state index < -0.39 is 5.97 Å². The lowest BCUT2D eigenvalue weighted by Crippen LogP contribution is -2.34. The number of hydrogen-bond acceptors (Lipinski definition) is 3. The first kappa shape index (κ1) is 14.7. The van der Waals surface area contributed by atoms with Crippen LogP contribution in [-0.4, -0.2) is 33.4 Å². The molecule has 102 valence electrons. The zero-order valence-electron chi connectivity index (χ0n) is 11.4. The van der Waals surface area contributed by atoms with Crippen LogP contribution < -0.4 is 5.32 Å². The third kappa shape index (κ3) is 4.49. The minimum Gasteiger partial charge on any atom is -0.480 e. The van der Waals surface area contributed by atoms with Gasteiger partial charge in [0, 0.05) is 25.2 Å². The van der Waals surface area contributed by atoms with Crippen LogP contribution in [0.25, 0.3) is 0 Å². The van der Waals surface area contributed by atoms with Gasteiger partial charge in [0.1, 0.15) is 0 Å². The van der Waals surface area contributed by atoms with E-state index in [0.717, 1.165) is 31.4 Å². The van der Waals surface area contributed by atoms with Gasteiger partial charge in [0.2, 0.25) is 0 Å². The van der Waals surface area contributed by atoms with Gasteiger partial charge in [0.05, 0.1) is 12.2 Å². The smallest absolute Gasteiger partial charge is 0.317 e. The molecule has 1 aromatic rings. The van der Waals surface area contributed by atoms with Crippen LogP contribution in [0.2, 0.25) is 0 Å². The monoisotopic (exact) mass is 253 g/mol. The summed E-state index contributed by atoms with van der Waals surface area (Å²) in [4.78, 5) is 10.5. The molecule has 5 nitrogen and oxygen atoms in total. The minimum absolute atomic E-state index is 0.00710. The second kappa shape index (κ2) is 7.16. The Kier molecular flexibility index (Phi) is 5.85. The van der Waals surface area contributed by atoms with E-state index in [9.17, 15) is 4.79 Å². The van der Waals surface area contributed by atoms with Crippen molar-refractivity contribution >= 4 is 5.97 Å². The molecule has 0 amide bonds. The molecule has 0 aliphatic heterocycles. The average molecular weight is 253 g/mol. The summed E-state index contributed by atoms with van der Waals surface area (Å²) < 4.78 is 1.92. The Bertz CT molecular complexity index is 388. The summed E-state index contributed by atoms with van der Waals surface area (Å²) in [6.45, 7) is 4.21. The van der Waals surface area contributed by atoms with E-state index in [1.807, 2.05) is 11.7 Å². The third-order valence-electron chi connectivity index (χ3n) is 3.02. The quantitative estimate of drug-likeness (QED) is 0.734. The molecule has 0 bridgehead atoms. The molecule has 0 fully saturated rings. The van der Waals surface area contributed by atoms with E-state index in [-0.39, 0.29) is 12.6 Å². The van der Waals surface area contributed by atoms with Crippen molar-refractivity contribution in [3.05, 3.63) is 17.5 Å². The Balaban J connectivity index is 2.58. The number of aliphatic carboxylic acids is 1. The number of rotatable bonds is 8. The summed E-state index contributed by atoms with van der Waals surface area (Å²) in [7, 11) is 1.96. The van der Waals surface area contributed by atoms with Gasteiger partial charge >= 0.3 is 5.97 Å². The van der Waals surface area contributed by atoms with Crippen molar-refractivity contribution in [3.8, 4) is 0 Å². The second-order valence-corrected chi connectivity index (χ2v) is 4.58. The van der Waals surface area contributed by atoms with Crippen LogP contribution in [-0.2, 0) is 24.7 Å². The van der Waals surface area contributed by atoms with Gasteiger partial charge < -0.3 is 10.4 Å². The number of carboxylic acids is 1. The molecular weight excluding hydrogens is 230 g/mol. The van der Waals surface area contributed by atoms with Crippen molar-refractivity contribution in [1.82, 2.24) is 15.1 Å². The Morgan fingerprint density at radius 3 is 2.83 bits per heavy atom. The number of carboxylic acid groups (broad SMARTS) is 1. The van der Waals surface area contributed by atoms with E-state index in [1.54, 1.807) is 0 Å². The molecule has 18 heavy (non-hydrogen) atoms. The van der Waals surface area contributed by atoms with Gasteiger partial charge in [-0.05, 0) is 18.9 Å². The molecule has 5 heteroatoms. The van der Waals surface area contributed by atoms with Gasteiger partial charge in [0.15, 0.2) is 0 Å². The fourth-order valence-electron chi connectivity index (χ4n) is 2.01. The van der Waals surface area contributed by atoms with Crippen molar-refractivity contribution in [3.63, 3.8) is 0 Å². The molecular formula is C13H23N3O2. The lowest BCUT2D eigenvalue weighted by molar-refractivity contribution is -0.136. The van der Waals surface area contributed by atoms with Crippen LogP contribution in [0.15, 0.2) is 6.07 Å². The van der Waals surface area contributed by atoms with Crippen molar-refractivity contribution < 1.29 is 9.90 Å². The average Bonchev–Trinajstić information content (AvgIpc) is 2.65. The van der Waals surface area contributed by atoms with Gasteiger partial charge in [0.25, 0.3) is 0 Å². The predicted molar refractivity (Wildman–Crippen MR) is 70.6 cm³/mol. The van der Waals surface area contributed by atoms with Crippen molar-refractivity contribution in [2.45, 2.75) is 45.6 Å². The summed E-state index contributed by atoms with van der Waals surface area (Å²) >= 11 is 0. The van der Waals surface area contributed by atoms with Crippen LogP contribution in [0.4, 0.5) is 0 Å². The molecule has 0 aliphatic rings. The lowest BCUT2D eigenvalue weighted by atomic mass is 10.1. The van der Waals surface area contributed by atoms with Crippen LogP contribution in [0.1, 0.15) is 38.1 Å². The highest BCUT2D eigenvalue weighted by Crippen LogP contribution is 2.09. The molecule has 0 spiro atoms. The standard InChI is InChI=1S/C13H23N3O2/c1-4-6-12-8-11(15-16(12)3)7-10(5-2)14-9-13(17)18/h8,10,14H,4-7,9H2,1-3H3,(H,17,18). The molecule has 0 saturated heterocycles. The number of hydrogen-bond donors (Lipinski definition) is 2. The number of nitrogens with one attached hydrogen (secondary N) is 1. The lowest BCUT2D eigenvalue weighted by Gasteiger charge is -2.13. The van der Waals surface area contributed by atoms with E-state index in [0.29, 0.717) is 0 Å². The number of aromatic nitrogens is 2. The Hall–Kier alpha value is -1.36. The zero-order valence-corrected chi connectivity index (χ0v) is 11.4. The maximum absolute atomic E-state index is 10.5. The first-order valence-corrected chi connectivity index (χ1v) is 6.53. The van der Waals surface area contributed by atoms with Crippen molar-refractivity contribution in [1.29, 1.82) is 0 Å². The normalized spacial score (nSPS) is 12.6. The molecule has 0 radical (unpaired) electrons. The number of aryl methyl sites for hydroxylation is 2. The van der Waals surface area contributed by atoms with E-state index in [2.05, 4.69) is 30.3 Å². The fourth-order valence-corrected chi connectivity index (χ4v) is 2.01. The highest BCUT2D eigenvalue weighted by molar-refractivity contribution is 5.69. The van der Waals surface area contributed by atoms with Crippen LogP contribution in [0.5, 0.6) is 0 Å². The number of nitrogens with zero attached hydrogens (tertiary/aromatic N) is 2. The van der Waals surface area contributed by atoms with Gasteiger partial charge in [-0.2, -0.15) is 5.10 Å². The molecule has 1 unspecified atom stereocenters. The molecule has 0 saturated carbocycles. The topological polar surface area (TPSA) is 67.2 Å². The van der Waals surface area contributed by atoms with Crippen LogP contribution in [0.3, 0.4) is 0 Å². The fraction of sp³-hybridized carbons (Fsp3) is 0.692. The molecule has 2 N–H and O–H groups in total.